The Labute approximate surface area is 71.3 Å². The van der Waals surface area contributed by atoms with Gasteiger partial charge in [0, 0.05) is 0 Å². The highest BCUT2D eigenvalue weighted by molar-refractivity contribution is 5.86. The van der Waals surface area contributed by atoms with E-state index in [1.54, 1.807) is 12.1 Å². The predicted molar refractivity (Wildman–Crippen MR) is 50.3 cm³/mol. The number of aryl methyl sites for hydroxylation is 1. The first-order valence-corrected chi connectivity index (χ1v) is 3.96. The lowest BCUT2D eigenvalue weighted by atomic mass is 10.1. The van der Waals surface area contributed by atoms with Gasteiger partial charge in [0.1, 0.15) is 5.75 Å². The molecule has 0 fully saturated rings. The van der Waals surface area contributed by atoms with Gasteiger partial charge in [-0.1, -0.05) is 24.3 Å². The maximum Gasteiger partial charge on any atom is 0.116 e. The number of phenolic OH excluding ortho intramolecular Hbond substituents is 1. The molecule has 1 nitrogen and oxygen atoms in total. The van der Waals surface area contributed by atoms with Crippen LogP contribution < -0.4 is 0 Å². The summed E-state index contributed by atoms with van der Waals surface area (Å²) < 4.78 is 0. The van der Waals surface area contributed by atoms with Crippen molar-refractivity contribution in [1.82, 2.24) is 0 Å². The monoisotopic (exact) mass is 158 g/mol. The van der Waals surface area contributed by atoms with Gasteiger partial charge >= 0.3 is 0 Å². The Balaban J connectivity index is 2.86. The van der Waals surface area contributed by atoms with Crippen molar-refractivity contribution in [2.75, 3.05) is 0 Å². The SMILES string of the molecule is Cc1cccc2cc(O)ccc12. The van der Waals surface area contributed by atoms with E-state index in [0.29, 0.717) is 5.75 Å². The third-order valence-electron chi connectivity index (χ3n) is 2.08. The molecule has 0 saturated carbocycles. The average Bonchev–Trinajstić information content (AvgIpc) is 2.04. The molecule has 0 spiro atoms. The van der Waals surface area contributed by atoms with Crippen molar-refractivity contribution in [2.24, 2.45) is 0 Å². The number of aromatic hydroxyl groups is 1. The molecule has 0 bridgehead atoms. The molecule has 2 aromatic carbocycles. The average molecular weight is 158 g/mol. The van der Waals surface area contributed by atoms with E-state index in [1.165, 1.54) is 10.9 Å². The molecular formula is C11H10O. The molecule has 0 aliphatic carbocycles. The quantitative estimate of drug-likeness (QED) is 0.625. The van der Waals surface area contributed by atoms with Gasteiger partial charge in [-0.3, -0.25) is 0 Å². The van der Waals surface area contributed by atoms with Gasteiger partial charge in [0.15, 0.2) is 0 Å². The van der Waals surface area contributed by atoms with Crippen LogP contribution in [-0.2, 0) is 0 Å². The Bertz CT molecular complexity index is 418. The molecule has 0 aliphatic heterocycles. The first-order valence-electron chi connectivity index (χ1n) is 3.96. The van der Waals surface area contributed by atoms with Gasteiger partial charge in [0.05, 0.1) is 0 Å². The molecule has 0 aliphatic rings. The molecule has 1 N–H and O–H groups in total. The molecule has 0 aromatic heterocycles. The van der Waals surface area contributed by atoms with Gasteiger partial charge < -0.3 is 5.11 Å². The second-order valence-corrected chi connectivity index (χ2v) is 2.98. The van der Waals surface area contributed by atoms with E-state index in [4.69, 9.17) is 0 Å². The lowest BCUT2D eigenvalue weighted by Crippen LogP contribution is -1.76. The number of fused-ring (bicyclic) bond motifs is 1. The summed E-state index contributed by atoms with van der Waals surface area (Å²) >= 11 is 0. The number of rotatable bonds is 0. The maximum absolute atomic E-state index is 9.22. The molecule has 60 valence electrons. The minimum atomic E-state index is 0.327. The Hall–Kier alpha value is -1.50. The summed E-state index contributed by atoms with van der Waals surface area (Å²) in [4.78, 5) is 0. The van der Waals surface area contributed by atoms with Crippen molar-refractivity contribution >= 4 is 10.8 Å². The summed E-state index contributed by atoms with van der Waals surface area (Å²) in [6.07, 6.45) is 0. The lowest BCUT2D eigenvalue weighted by molar-refractivity contribution is 0.476. The van der Waals surface area contributed by atoms with Crippen LogP contribution in [0.2, 0.25) is 0 Å². The van der Waals surface area contributed by atoms with Crippen LogP contribution in [-0.4, -0.2) is 5.11 Å². The number of benzene rings is 2. The van der Waals surface area contributed by atoms with Crippen LogP contribution in [0.3, 0.4) is 0 Å². The van der Waals surface area contributed by atoms with Crippen molar-refractivity contribution in [3.63, 3.8) is 0 Å². The number of phenols is 1. The minimum Gasteiger partial charge on any atom is -0.508 e. The zero-order valence-corrected chi connectivity index (χ0v) is 6.91. The second-order valence-electron chi connectivity index (χ2n) is 2.98. The van der Waals surface area contributed by atoms with Crippen LogP contribution >= 0.6 is 0 Å². The molecule has 2 aromatic rings. The van der Waals surface area contributed by atoms with E-state index in [1.807, 2.05) is 18.2 Å². The molecule has 0 atom stereocenters. The molecule has 2 rings (SSSR count). The van der Waals surface area contributed by atoms with Crippen LogP contribution in [0.1, 0.15) is 5.56 Å². The van der Waals surface area contributed by atoms with Crippen LogP contribution in [0.4, 0.5) is 0 Å². The van der Waals surface area contributed by atoms with Crippen molar-refractivity contribution in [1.29, 1.82) is 0 Å². The third-order valence-corrected chi connectivity index (χ3v) is 2.08. The van der Waals surface area contributed by atoms with E-state index >= 15 is 0 Å². The minimum absolute atomic E-state index is 0.327. The fraction of sp³-hybridized carbons (Fsp3) is 0.0909. The normalized spacial score (nSPS) is 10.4. The summed E-state index contributed by atoms with van der Waals surface area (Å²) in [6, 6.07) is 11.5. The summed E-state index contributed by atoms with van der Waals surface area (Å²) in [5.41, 5.74) is 1.24. The highest BCUT2D eigenvalue weighted by Gasteiger charge is 1.96. The fourth-order valence-corrected chi connectivity index (χ4v) is 1.43. The summed E-state index contributed by atoms with van der Waals surface area (Å²) in [5.74, 6) is 0.327. The van der Waals surface area contributed by atoms with Gasteiger partial charge in [-0.25, -0.2) is 0 Å². The van der Waals surface area contributed by atoms with Gasteiger partial charge in [-0.05, 0) is 35.4 Å². The molecule has 0 saturated heterocycles. The topological polar surface area (TPSA) is 20.2 Å². The van der Waals surface area contributed by atoms with Gasteiger partial charge in [0.2, 0.25) is 0 Å². The van der Waals surface area contributed by atoms with Crippen LogP contribution in [0.25, 0.3) is 10.8 Å². The summed E-state index contributed by atoms with van der Waals surface area (Å²) in [7, 11) is 0. The third kappa shape index (κ3) is 1.03. The zero-order chi connectivity index (χ0) is 8.55. The van der Waals surface area contributed by atoms with Crippen LogP contribution in [0.5, 0.6) is 5.75 Å². The largest absolute Gasteiger partial charge is 0.508 e. The molecule has 0 heterocycles. The van der Waals surface area contributed by atoms with Crippen molar-refractivity contribution < 1.29 is 5.11 Å². The Morgan fingerprint density at radius 2 is 1.92 bits per heavy atom. The van der Waals surface area contributed by atoms with E-state index in [0.717, 1.165) is 5.39 Å². The van der Waals surface area contributed by atoms with Crippen LogP contribution in [0, 0.1) is 6.92 Å². The molecule has 12 heavy (non-hydrogen) atoms. The van der Waals surface area contributed by atoms with E-state index in [9.17, 15) is 5.11 Å². The first-order chi connectivity index (χ1) is 5.77. The predicted octanol–water partition coefficient (Wildman–Crippen LogP) is 2.85. The standard InChI is InChI=1S/C11H10O/c1-8-3-2-4-9-7-10(12)5-6-11(8)9/h2-7,12H,1H3. The zero-order valence-electron chi connectivity index (χ0n) is 6.91. The van der Waals surface area contributed by atoms with Gasteiger partial charge in [-0.2, -0.15) is 0 Å². The molecular weight excluding hydrogens is 148 g/mol. The van der Waals surface area contributed by atoms with E-state index in [2.05, 4.69) is 13.0 Å². The van der Waals surface area contributed by atoms with Gasteiger partial charge in [-0.15, -0.1) is 0 Å². The maximum atomic E-state index is 9.22. The molecule has 0 unspecified atom stereocenters. The Kier molecular flexibility index (Phi) is 1.51. The summed E-state index contributed by atoms with van der Waals surface area (Å²) in [6.45, 7) is 2.07. The van der Waals surface area contributed by atoms with Crippen LogP contribution in [0.15, 0.2) is 36.4 Å². The Morgan fingerprint density at radius 3 is 2.75 bits per heavy atom. The van der Waals surface area contributed by atoms with E-state index in [-0.39, 0.29) is 0 Å². The Morgan fingerprint density at radius 1 is 1.08 bits per heavy atom. The van der Waals surface area contributed by atoms with E-state index < -0.39 is 0 Å². The fourth-order valence-electron chi connectivity index (χ4n) is 1.43. The molecule has 1 heteroatoms. The van der Waals surface area contributed by atoms with Crippen molar-refractivity contribution in [2.45, 2.75) is 6.92 Å². The number of hydrogen-bond donors (Lipinski definition) is 1. The molecule has 0 radical (unpaired) electrons. The lowest BCUT2D eigenvalue weighted by Gasteiger charge is -2.01. The van der Waals surface area contributed by atoms with Gasteiger partial charge in [0.25, 0.3) is 0 Å². The molecule has 0 amide bonds. The second kappa shape index (κ2) is 2.52. The smallest absolute Gasteiger partial charge is 0.116 e. The number of hydrogen-bond acceptors (Lipinski definition) is 1. The first kappa shape index (κ1) is 7.17. The summed E-state index contributed by atoms with van der Waals surface area (Å²) in [5, 5.41) is 11.5. The van der Waals surface area contributed by atoms with Crippen molar-refractivity contribution in [3.05, 3.63) is 42.0 Å². The highest BCUT2D eigenvalue weighted by Crippen LogP contribution is 2.22. The highest BCUT2D eigenvalue weighted by atomic mass is 16.3. The van der Waals surface area contributed by atoms with Crippen molar-refractivity contribution in [3.8, 4) is 5.75 Å².